The molecule has 14 atom stereocenters. The Balaban J connectivity index is 1.46. The summed E-state index contributed by atoms with van der Waals surface area (Å²) in [6, 6.07) is 1.72. The first kappa shape index (κ1) is 92.6. The second-order valence-corrected chi connectivity index (χ2v) is 28.9. The first-order chi connectivity index (χ1) is 51.1. The zero-order chi connectivity index (χ0) is 80.7. The lowest BCUT2D eigenvalue weighted by molar-refractivity contribution is -0.143. The molecular formula is C76H119N13O19. The smallest absolute Gasteiger partial charge is 0.326 e. The van der Waals surface area contributed by atoms with E-state index in [0.717, 1.165) is 57.1 Å². The van der Waals surface area contributed by atoms with Crippen molar-refractivity contribution >= 4 is 82.8 Å². The number of nitrogens with one attached hydrogen (secondary N) is 10. The molecule has 12 amide bonds. The number of benzene rings is 2. The molecule has 32 nitrogen and oxygen atoms in total. The molecule has 1 aliphatic heterocycles. The molecule has 0 aliphatic carbocycles. The number of aliphatic hydroxyl groups excluding tert-OH is 3. The van der Waals surface area contributed by atoms with E-state index in [0.29, 0.717) is 56.2 Å². The summed E-state index contributed by atoms with van der Waals surface area (Å²) in [6.45, 7) is 16.9. The molecule has 1 fully saturated rings. The Kier molecular flexibility index (Phi) is 41.8. The van der Waals surface area contributed by atoms with Gasteiger partial charge in [0.1, 0.15) is 66.5 Å². The van der Waals surface area contributed by atoms with Crippen LogP contribution in [0.2, 0.25) is 0 Å². The van der Waals surface area contributed by atoms with Crippen LogP contribution in [0, 0.1) is 17.8 Å². The Morgan fingerprint density at radius 3 is 1.27 bits per heavy atom. The SMILES string of the molecule is C=C(CCCCCCCCCCCCC(=O)N[C@@H](CO)C(=O)N[C@H](C(=O)N[C@@H](CC(C)C)C(=O)N[C@@H](CC(N)=O)C(=O)N[C@@H](Cc1ccccc1)C(=O)O)[C@@H](C)O)N1CCC[C@H]1C(=O)N[C@@H](CCC(N)=O)C(=O)N[C@H](C(=O)N[C@H](C(=O)N[C@@H](CC(C)C)C(=O)N[C@@H](Cc1ccccc1)C(=O)O)[C@@H](C)O)[C@@H](C)CC. The van der Waals surface area contributed by atoms with Gasteiger partial charge in [0, 0.05) is 37.9 Å². The van der Waals surface area contributed by atoms with E-state index in [2.05, 4.69) is 59.7 Å². The maximum atomic E-state index is 14.2. The number of nitrogens with zero attached hydrogens (tertiary/aromatic N) is 1. The minimum atomic E-state index is -1.70. The van der Waals surface area contributed by atoms with Crippen molar-refractivity contribution in [2.24, 2.45) is 29.2 Å². The molecule has 108 heavy (non-hydrogen) atoms. The van der Waals surface area contributed by atoms with Crippen LogP contribution in [0.25, 0.3) is 0 Å². The van der Waals surface area contributed by atoms with Gasteiger partial charge in [-0.15, -0.1) is 0 Å². The van der Waals surface area contributed by atoms with Crippen LogP contribution >= 0.6 is 0 Å². The summed E-state index contributed by atoms with van der Waals surface area (Å²) in [5, 5.41) is 76.4. The third-order valence-electron chi connectivity index (χ3n) is 18.7. The predicted octanol–water partition coefficient (Wildman–Crippen LogP) is 1.18. The maximum absolute atomic E-state index is 14.2. The van der Waals surface area contributed by atoms with Crippen LogP contribution in [-0.2, 0) is 80.0 Å². The summed E-state index contributed by atoms with van der Waals surface area (Å²) < 4.78 is 0. The highest BCUT2D eigenvalue weighted by Crippen LogP contribution is 2.26. The van der Waals surface area contributed by atoms with Crippen molar-refractivity contribution in [1.82, 2.24) is 58.1 Å². The number of carboxylic acids is 2. The number of carboxylic acid groups (broad SMARTS) is 2. The summed E-state index contributed by atoms with van der Waals surface area (Å²) in [7, 11) is 0. The van der Waals surface area contributed by atoms with Crippen molar-refractivity contribution < 1.29 is 92.7 Å². The van der Waals surface area contributed by atoms with Gasteiger partial charge in [0.25, 0.3) is 0 Å². The molecule has 1 saturated heterocycles. The number of carbonyl (C=O) groups is 14. The van der Waals surface area contributed by atoms with Gasteiger partial charge in [-0.05, 0) is 94.1 Å². The fourth-order valence-electron chi connectivity index (χ4n) is 12.4. The van der Waals surface area contributed by atoms with Crippen molar-refractivity contribution in [3.05, 3.63) is 84.1 Å². The number of nitrogens with two attached hydrogens (primary N) is 2. The molecule has 2 aromatic rings. The minimum absolute atomic E-state index is 0.0298. The number of allylic oxidation sites excluding steroid dienone is 1. The molecule has 0 saturated carbocycles. The number of hydrogen-bond acceptors (Lipinski definition) is 18. The van der Waals surface area contributed by atoms with Crippen molar-refractivity contribution in [2.45, 2.75) is 275 Å². The summed E-state index contributed by atoms with van der Waals surface area (Å²) in [5.41, 5.74) is 12.9. The van der Waals surface area contributed by atoms with Crippen LogP contribution in [0.1, 0.15) is 195 Å². The van der Waals surface area contributed by atoms with Gasteiger partial charge < -0.3 is 95.1 Å². The third kappa shape index (κ3) is 34.1. The van der Waals surface area contributed by atoms with Crippen molar-refractivity contribution in [3.8, 4) is 0 Å². The van der Waals surface area contributed by atoms with Gasteiger partial charge in [0.15, 0.2) is 0 Å². The number of carbonyl (C=O) groups excluding carboxylic acids is 12. The van der Waals surface area contributed by atoms with Gasteiger partial charge in [0.05, 0.1) is 25.2 Å². The summed E-state index contributed by atoms with van der Waals surface area (Å²) >= 11 is 0. The fraction of sp³-hybridized carbons (Fsp3) is 0.632. The zero-order valence-electron chi connectivity index (χ0n) is 63.7. The van der Waals surface area contributed by atoms with E-state index in [-0.39, 0.29) is 56.8 Å². The fourth-order valence-corrected chi connectivity index (χ4v) is 12.4. The van der Waals surface area contributed by atoms with Crippen LogP contribution in [0.3, 0.4) is 0 Å². The molecule has 0 aromatic heterocycles. The van der Waals surface area contributed by atoms with Gasteiger partial charge in [0.2, 0.25) is 70.9 Å². The van der Waals surface area contributed by atoms with Crippen LogP contribution < -0.4 is 64.6 Å². The van der Waals surface area contributed by atoms with Crippen LogP contribution in [-0.4, -0.2) is 205 Å². The molecule has 1 heterocycles. The largest absolute Gasteiger partial charge is 0.480 e. The summed E-state index contributed by atoms with van der Waals surface area (Å²) in [4.78, 5) is 187. The van der Waals surface area contributed by atoms with Gasteiger partial charge >= 0.3 is 11.9 Å². The minimum Gasteiger partial charge on any atom is -0.480 e. The van der Waals surface area contributed by atoms with Gasteiger partial charge in [-0.2, -0.15) is 0 Å². The summed E-state index contributed by atoms with van der Waals surface area (Å²) in [6.07, 6.45) is 6.19. The van der Waals surface area contributed by atoms with Crippen molar-refractivity contribution in [3.63, 3.8) is 0 Å². The molecule has 0 radical (unpaired) electrons. The quantitative estimate of drug-likeness (QED) is 0.0414. The van der Waals surface area contributed by atoms with E-state index < -0.39 is 180 Å². The van der Waals surface area contributed by atoms with E-state index in [4.69, 9.17) is 11.5 Å². The molecule has 0 spiro atoms. The number of amides is 12. The molecule has 32 heteroatoms. The third-order valence-corrected chi connectivity index (χ3v) is 18.7. The number of aliphatic carboxylic acids is 2. The summed E-state index contributed by atoms with van der Waals surface area (Å²) in [5.74, 6) is -13.9. The maximum Gasteiger partial charge on any atom is 0.326 e. The first-order valence-corrected chi connectivity index (χ1v) is 37.6. The normalized spacial score (nSPS) is 16.3. The van der Waals surface area contributed by atoms with Gasteiger partial charge in [-0.1, -0.05) is 167 Å². The van der Waals surface area contributed by atoms with Crippen molar-refractivity contribution in [2.75, 3.05) is 13.2 Å². The van der Waals surface area contributed by atoms with E-state index >= 15 is 0 Å². The highest BCUT2D eigenvalue weighted by atomic mass is 16.4. The highest BCUT2D eigenvalue weighted by Gasteiger charge is 2.40. The number of hydrogen-bond donors (Lipinski definition) is 17. The van der Waals surface area contributed by atoms with E-state index in [1.54, 1.807) is 102 Å². The second-order valence-electron chi connectivity index (χ2n) is 28.9. The van der Waals surface area contributed by atoms with Crippen LogP contribution in [0.15, 0.2) is 72.9 Å². The molecule has 0 unspecified atom stereocenters. The molecule has 1 aliphatic rings. The Hall–Kier alpha value is -9.56. The Morgan fingerprint density at radius 2 is 0.852 bits per heavy atom. The van der Waals surface area contributed by atoms with E-state index in [9.17, 15) is 92.7 Å². The molecule has 2 aromatic carbocycles. The first-order valence-electron chi connectivity index (χ1n) is 37.6. The topological polar surface area (TPSA) is 516 Å². The number of aliphatic hydroxyl groups is 3. The lowest BCUT2D eigenvalue weighted by Crippen LogP contribution is -2.62. The Labute approximate surface area is 632 Å². The Morgan fingerprint density at radius 1 is 0.463 bits per heavy atom. The average Bonchev–Trinajstić information content (AvgIpc) is 1.18. The van der Waals surface area contributed by atoms with Crippen LogP contribution in [0.5, 0.6) is 0 Å². The average molecular weight is 1520 g/mol. The highest BCUT2D eigenvalue weighted by molar-refractivity contribution is 5.99. The number of primary amides is 2. The lowest BCUT2D eigenvalue weighted by atomic mass is 9.96. The van der Waals surface area contributed by atoms with E-state index in [1.807, 2.05) is 4.90 Å². The van der Waals surface area contributed by atoms with Crippen molar-refractivity contribution in [1.29, 1.82) is 0 Å². The van der Waals surface area contributed by atoms with Crippen LogP contribution in [0.4, 0.5) is 0 Å². The molecule has 0 bridgehead atoms. The number of likely N-dealkylation sites (tertiary alicyclic amines) is 1. The number of rotatable bonds is 53. The predicted molar refractivity (Wildman–Crippen MR) is 400 cm³/mol. The molecule has 602 valence electrons. The standard InChI is InChI=1S/C76H119N13O19/c1-10-46(6)63(72(102)88-65(49(9)92)74(104)83-54(39-45(4)5)68(98)84-56(75(105)106)40-50-29-22-19-23-30-50)86-66(96)52(35-36-60(77)93)80-71(101)59-33-27-37-89(59)47(7)28-21-17-15-13-11-12-14-16-18-26-34-62(95)79-58(43-90)70(100)87-64(48(8)91)73(103)82-53(38-44(2)3)67(97)81-55(42-61(78)94)69(99)85-57(76(107)108)41-51-31-24-20-25-32-51/h19-20,22-25,29-32,44-46,48-49,52-59,63-65,90-92H,7,10-18,21,26-28,33-43H2,1-6,8-9H3,(H2,77,93)(H2,78,94)(H,79,95)(H,80,101)(H,81,97)(H,82,103)(H,83,104)(H,84,98)(H,85,99)(H,86,96)(H,87,100)(H,88,102)(H,105,106)(H,107,108)/t46-,48+,49+,52-,53-,54-,55-,56-,57-,58-,59-,63-,64-,65-/m0/s1. The molecular weight excluding hydrogens is 1400 g/mol. The zero-order valence-corrected chi connectivity index (χ0v) is 63.7. The number of unbranched alkanes of at least 4 members (excludes halogenated alkanes) is 9. The van der Waals surface area contributed by atoms with Gasteiger partial charge in [-0.3, -0.25) is 57.5 Å². The van der Waals surface area contributed by atoms with E-state index in [1.165, 1.54) is 13.8 Å². The Bertz CT molecular complexity index is 3290. The molecule has 19 N–H and O–H groups in total. The lowest BCUT2D eigenvalue weighted by Gasteiger charge is -2.31. The monoisotopic (exact) mass is 1520 g/mol. The second kappa shape index (κ2) is 48.7. The molecule has 3 rings (SSSR count). The van der Waals surface area contributed by atoms with Gasteiger partial charge in [-0.25, -0.2) is 9.59 Å².